The van der Waals surface area contributed by atoms with Crippen molar-refractivity contribution in [1.29, 1.82) is 0 Å². The van der Waals surface area contributed by atoms with Crippen molar-refractivity contribution in [2.24, 2.45) is 5.92 Å². The van der Waals surface area contributed by atoms with Crippen LogP contribution in [0.15, 0.2) is 23.1 Å². The van der Waals surface area contributed by atoms with Crippen molar-refractivity contribution in [2.75, 3.05) is 5.33 Å². The van der Waals surface area contributed by atoms with E-state index in [4.69, 9.17) is 0 Å². The van der Waals surface area contributed by atoms with Crippen LogP contribution in [0.1, 0.15) is 19.8 Å². The summed E-state index contributed by atoms with van der Waals surface area (Å²) in [6.07, 6.45) is 3.33. The lowest BCUT2D eigenvalue weighted by atomic mass is 10.1. The van der Waals surface area contributed by atoms with Gasteiger partial charge in [-0.05, 0) is 12.3 Å². The minimum Gasteiger partial charge on any atom is -0.309 e. The van der Waals surface area contributed by atoms with Crippen LogP contribution in [0.4, 0.5) is 5.69 Å². The first kappa shape index (κ1) is 13.9. The molecule has 17 heavy (non-hydrogen) atoms. The van der Waals surface area contributed by atoms with Gasteiger partial charge in [0.25, 0.3) is 11.2 Å². The van der Waals surface area contributed by atoms with E-state index < -0.39 is 4.92 Å². The van der Waals surface area contributed by atoms with Crippen LogP contribution in [0.2, 0.25) is 0 Å². The quantitative estimate of drug-likeness (QED) is 0.461. The molecule has 0 amide bonds. The van der Waals surface area contributed by atoms with E-state index >= 15 is 0 Å². The Balaban J connectivity index is 2.92. The van der Waals surface area contributed by atoms with E-state index in [0.29, 0.717) is 12.5 Å². The average molecular weight is 303 g/mol. The van der Waals surface area contributed by atoms with Crippen molar-refractivity contribution in [3.05, 3.63) is 38.8 Å². The fourth-order valence-corrected chi connectivity index (χ4v) is 2.20. The molecule has 0 aliphatic rings. The van der Waals surface area contributed by atoms with Crippen molar-refractivity contribution in [1.82, 2.24) is 4.57 Å². The van der Waals surface area contributed by atoms with Crippen molar-refractivity contribution in [3.8, 4) is 0 Å². The Kier molecular flexibility index (Phi) is 5.34. The van der Waals surface area contributed by atoms with E-state index in [9.17, 15) is 14.9 Å². The van der Waals surface area contributed by atoms with Crippen molar-refractivity contribution in [2.45, 2.75) is 26.3 Å². The van der Waals surface area contributed by atoms with Gasteiger partial charge in [0.05, 0.1) is 11.1 Å². The molecule has 1 heterocycles. The van der Waals surface area contributed by atoms with Crippen molar-refractivity contribution in [3.63, 3.8) is 0 Å². The topological polar surface area (TPSA) is 65.1 Å². The molecule has 0 spiro atoms. The van der Waals surface area contributed by atoms with Gasteiger partial charge in [-0.1, -0.05) is 29.3 Å². The highest BCUT2D eigenvalue weighted by Gasteiger charge is 2.11. The summed E-state index contributed by atoms with van der Waals surface area (Å²) in [5.41, 5.74) is -0.243. The van der Waals surface area contributed by atoms with Crippen LogP contribution in [0.5, 0.6) is 0 Å². The molecule has 1 aromatic rings. The maximum absolute atomic E-state index is 11.6. The standard InChI is InChI=1S/C11H15BrN2O3/c1-2-3-9(6-12)7-13-8-10(14(16)17)4-5-11(13)15/h4-5,8-9H,2-3,6-7H2,1H3. The molecule has 1 atom stereocenters. The third-order valence-corrected chi connectivity index (χ3v) is 3.46. The Labute approximate surface area is 108 Å². The molecule has 0 fully saturated rings. The zero-order chi connectivity index (χ0) is 12.8. The van der Waals surface area contributed by atoms with E-state index in [-0.39, 0.29) is 11.2 Å². The van der Waals surface area contributed by atoms with Crippen molar-refractivity contribution >= 4 is 21.6 Å². The molecule has 1 aromatic heterocycles. The summed E-state index contributed by atoms with van der Waals surface area (Å²) < 4.78 is 1.42. The average Bonchev–Trinajstić information content (AvgIpc) is 2.30. The Morgan fingerprint density at radius 2 is 2.24 bits per heavy atom. The van der Waals surface area contributed by atoms with Crippen LogP contribution in [-0.2, 0) is 6.54 Å². The highest BCUT2D eigenvalue weighted by atomic mass is 79.9. The molecular weight excluding hydrogens is 288 g/mol. The number of pyridine rings is 1. The smallest absolute Gasteiger partial charge is 0.285 e. The predicted octanol–water partition coefficient (Wildman–Crippen LogP) is 2.57. The van der Waals surface area contributed by atoms with E-state index in [1.807, 2.05) is 0 Å². The van der Waals surface area contributed by atoms with E-state index in [1.165, 1.54) is 22.9 Å². The number of nitro groups is 1. The van der Waals surface area contributed by atoms with Gasteiger partial charge >= 0.3 is 0 Å². The van der Waals surface area contributed by atoms with Gasteiger partial charge < -0.3 is 4.57 Å². The maximum atomic E-state index is 11.6. The summed E-state index contributed by atoms with van der Waals surface area (Å²) in [6, 6.07) is 2.48. The Bertz CT molecular complexity index is 445. The van der Waals surface area contributed by atoms with Gasteiger partial charge in [-0.25, -0.2) is 0 Å². The number of nitrogens with zero attached hydrogens (tertiary/aromatic N) is 2. The fourth-order valence-electron chi connectivity index (χ4n) is 1.67. The highest BCUT2D eigenvalue weighted by molar-refractivity contribution is 9.09. The Morgan fingerprint density at radius 1 is 1.53 bits per heavy atom. The van der Waals surface area contributed by atoms with Gasteiger partial charge in [-0.2, -0.15) is 0 Å². The van der Waals surface area contributed by atoms with Gasteiger partial charge in [0.2, 0.25) is 0 Å². The van der Waals surface area contributed by atoms with E-state index in [0.717, 1.165) is 18.2 Å². The highest BCUT2D eigenvalue weighted by Crippen LogP contribution is 2.13. The number of hydrogen-bond donors (Lipinski definition) is 0. The molecule has 0 bridgehead atoms. The van der Waals surface area contributed by atoms with Crippen LogP contribution < -0.4 is 5.56 Å². The summed E-state index contributed by atoms with van der Waals surface area (Å²) in [5, 5.41) is 11.4. The number of rotatable bonds is 6. The summed E-state index contributed by atoms with van der Waals surface area (Å²) in [4.78, 5) is 21.7. The monoisotopic (exact) mass is 302 g/mol. The van der Waals surface area contributed by atoms with Crippen LogP contribution in [-0.4, -0.2) is 14.8 Å². The van der Waals surface area contributed by atoms with Crippen LogP contribution in [0.3, 0.4) is 0 Å². The lowest BCUT2D eigenvalue weighted by molar-refractivity contribution is -0.385. The van der Waals surface area contributed by atoms with E-state index in [1.54, 1.807) is 0 Å². The summed E-state index contributed by atoms with van der Waals surface area (Å²) in [6.45, 7) is 2.59. The number of aromatic nitrogens is 1. The molecule has 6 heteroatoms. The molecular formula is C11H15BrN2O3. The molecule has 0 aliphatic carbocycles. The Morgan fingerprint density at radius 3 is 2.76 bits per heavy atom. The van der Waals surface area contributed by atoms with Gasteiger partial charge in [0, 0.05) is 24.0 Å². The molecule has 0 N–H and O–H groups in total. The second kappa shape index (κ2) is 6.54. The van der Waals surface area contributed by atoms with Crippen molar-refractivity contribution < 1.29 is 4.92 Å². The largest absolute Gasteiger partial charge is 0.309 e. The lowest BCUT2D eigenvalue weighted by Gasteiger charge is -2.14. The molecule has 0 saturated heterocycles. The van der Waals surface area contributed by atoms with Gasteiger partial charge in [-0.15, -0.1) is 0 Å². The maximum Gasteiger partial charge on any atom is 0.285 e. The SMILES string of the molecule is CCCC(CBr)Cn1cc([N+](=O)[O-])ccc1=O. The zero-order valence-corrected chi connectivity index (χ0v) is 11.2. The van der Waals surface area contributed by atoms with Crippen LogP contribution in [0.25, 0.3) is 0 Å². The summed E-state index contributed by atoms with van der Waals surface area (Å²) >= 11 is 3.40. The minimum atomic E-state index is -0.487. The number of alkyl halides is 1. The third kappa shape index (κ3) is 3.96. The molecule has 0 radical (unpaired) electrons. The molecule has 0 aliphatic heterocycles. The number of hydrogen-bond acceptors (Lipinski definition) is 3. The zero-order valence-electron chi connectivity index (χ0n) is 9.63. The predicted molar refractivity (Wildman–Crippen MR) is 69.5 cm³/mol. The minimum absolute atomic E-state index is 0.0468. The molecule has 1 unspecified atom stereocenters. The first-order chi connectivity index (χ1) is 8.08. The number of halogens is 1. The first-order valence-electron chi connectivity index (χ1n) is 5.49. The summed E-state index contributed by atoms with van der Waals surface area (Å²) in [7, 11) is 0. The molecule has 1 rings (SSSR count). The normalized spacial score (nSPS) is 12.4. The second-order valence-electron chi connectivity index (χ2n) is 3.94. The van der Waals surface area contributed by atoms with Gasteiger partial charge in [0.15, 0.2) is 0 Å². The van der Waals surface area contributed by atoms with Gasteiger partial charge in [-0.3, -0.25) is 14.9 Å². The van der Waals surface area contributed by atoms with Crippen LogP contribution in [0, 0.1) is 16.0 Å². The molecule has 94 valence electrons. The molecule has 0 saturated carbocycles. The lowest BCUT2D eigenvalue weighted by Crippen LogP contribution is -2.23. The second-order valence-corrected chi connectivity index (χ2v) is 4.59. The molecule has 0 aromatic carbocycles. The first-order valence-corrected chi connectivity index (χ1v) is 6.61. The fraction of sp³-hybridized carbons (Fsp3) is 0.545. The third-order valence-electron chi connectivity index (χ3n) is 2.55. The Hall–Kier alpha value is -1.17. The van der Waals surface area contributed by atoms with Gasteiger partial charge in [0.1, 0.15) is 0 Å². The van der Waals surface area contributed by atoms with E-state index in [2.05, 4.69) is 22.9 Å². The van der Waals surface area contributed by atoms with Crippen LogP contribution >= 0.6 is 15.9 Å². The molecule has 5 nitrogen and oxygen atoms in total. The summed E-state index contributed by atoms with van der Waals surface area (Å²) in [5.74, 6) is 0.319.